The van der Waals surface area contributed by atoms with Crippen LogP contribution < -0.4 is 16.2 Å². The number of nitrogens with zero attached hydrogens (tertiary/aromatic N) is 4. The Labute approximate surface area is 184 Å². The molecule has 0 bridgehead atoms. The Morgan fingerprint density at radius 3 is 2.62 bits per heavy atom. The fourth-order valence-electron chi connectivity index (χ4n) is 3.15. The first kappa shape index (κ1) is 22.7. The number of benzene rings is 1. The molecule has 3 rings (SSSR count). The highest BCUT2D eigenvalue weighted by molar-refractivity contribution is 5.95. The summed E-state index contributed by atoms with van der Waals surface area (Å²) in [6.45, 7) is 3.93. The van der Waals surface area contributed by atoms with Crippen molar-refractivity contribution in [1.29, 1.82) is 0 Å². The maximum absolute atomic E-state index is 13.1. The number of nitrogens with one attached hydrogen (secondary N) is 2. The molecule has 0 aliphatic carbocycles. The first-order chi connectivity index (χ1) is 15.2. The summed E-state index contributed by atoms with van der Waals surface area (Å²) in [5.74, 6) is -1.17. The van der Waals surface area contributed by atoms with Crippen molar-refractivity contribution in [2.45, 2.75) is 26.4 Å². The molecule has 1 amide bonds. The van der Waals surface area contributed by atoms with Crippen LogP contribution in [0.2, 0.25) is 0 Å². The number of carbonyl (C=O) groups excluding carboxylic acids is 1. The van der Waals surface area contributed by atoms with Crippen molar-refractivity contribution < 1.29 is 14.3 Å². The maximum atomic E-state index is 13.1. The number of aromatic nitrogens is 4. The van der Waals surface area contributed by atoms with Gasteiger partial charge in [-0.05, 0) is 31.5 Å². The van der Waals surface area contributed by atoms with E-state index in [0.29, 0.717) is 17.1 Å². The fourth-order valence-corrected chi connectivity index (χ4v) is 3.15. The monoisotopic (exact) mass is 440 g/mol. The predicted molar refractivity (Wildman–Crippen MR) is 119 cm³/mol. The zero-order valence-corrected chi connectivity index (χ0v) is 18.3. The van der Waals surface area contributed by atoms with Crippen LogP contribution in [-0.2, 0) is 20.6 Å². The second-order valence-corrected chi connectivity index (χ2v) is 7.32. The number of aromatic hydroxyl groups is 1. The molecule has 0 aliphatic heterocycles. The first-order valence-corrected chi connectivity index (χ1v) is 9.96. The minimum Gasteiger partial charge on any atom is -0.501 e. The molecule has 2 heterocycles. The SMILES string of the molecule is C/C=C/C(C)Nc1c(-c2nc(C(=O)NCc3ccc(F)cc3)c(O)c(=O)n2C)ncn1C. The molecule has 0 fully saturated rings. The van der Waals surface area contributed by atoms with Crippen LogP contribution in [0.25, 0.3) is 11.5 Å². The molecular weight excluding hydrogens is 415 g/mol. The van der Waals surface area contributed by atoms with Gasteiger partial charge >= 0.3 is 0 Å². The Hall–Kier alpha value is -3.95. The zero-order chi connectivity index (χ0) is 23.4. The molecule has 168 valence electrons. The van der Waals surface area contributed by atoms with Gasteiger partial charge in [0, 0.05) is 26.7 Å². The highest BCUT2D eigenvalue weighted by Crippen LogP contribution is 2.26. The minimum atomic E-state index is -0.778. The third-order valence-corrected chi connectivity index (χ3v) is 4.84. The smallest absolute Gasteiger partial charge is 0.296 e. The van der Waals surface area contributed by atoms with E-state index in [0.717, 1.165) is 4.57 Å². The number of rotatable bonds is 7. The summed E-state index contributed by atoms with van der Waals surface area (Å²) < 4.78 is 15.9. The molecule has 10 heteroatoms. The molecule has 0 radical (unpaired) electrons. The number of imidazole rings is 1. The molecule has 9 nitrogen and oxygen atoms in total. The third kappa shape index (κ3) is 4.69. The number of amides is 1. The highest BCUT2D eigenvalue weighted by Gasteiger charge is 2.24. The molecule has 32 heavy (non-hydrogen) atoms. The average molecular weight is 440 g/mol. The molecule has 1 aromatic carbocycles. The molecule has 0 spiro atoms. The van der Waals surface area contributed by atoms with Gasteiger partial charge in [0.15, 0.2) is 11.5 Å². The molecule has 1 atom stereocenters. The van der Waals surface area contributed by atoms with Crippen molar-refractivity contribution in [3.05, 3.63) is 70.2 Å². The fraction of sp³-hybridized carbons (Fsp3) is 0.273. The Balaban J connectivity index is 1.97. The summed E-state index contributed by atoms with van der Waals surface area (Å²) in [6.07, 6.45) is 5.42. The molecule has 0 aliphatic rings. The van der Waals surface area contributed by atoms with E-state index in [4.69, 9.17) is 0 Å². The molecule has 1 unspecified atom stereocenters. The van der Waals surface area contributed by atoms with Gasteiger partial charge in [0.1, 0.15) is 17.3 Å². The van der Waals surface area contributed by atoms with E-state index < -0.39 is 22.9 Å². The Kier molecular flexibility index (Phi) is 6.72. The van der Waals surface area contributed by atoms with Crippen molar-refractivity contribution in [2.24, 2.45) is 14.1 Å². The number of anilines is 1. The van der Waals surface area contributed by atoms with E-state index in [9.17, 15) is 19.1 Å². The molecule has 0 saturated carbocycles. The van der Waals surface area contributed by atoms with Crippen molar-refractivity contribution in [1.82, 2.24) is 24.4 Å². The van der Waals surface area contributed by atoms with Crippen LogP contribution in [0.3, 0.4) is 0 Å². The number of hydrogen-bond donors (Lipinski definition) is 3. The lowest BCUT2D eigenvalue weighted by Crippen LogP contribution is -2.29. The van der Waals surface area contributed by atoms with Gasteiger partial charge in [-0.1, -0.05) is 24.3 Å². The lowest BCUT2D eigenvalue weighted by atomic mass is 10.2. The number of halogens is 1. The van der Waals surface area contributed by atoms with Gasteiger partial charge in [-0.15, -0.1) is 0 Å². The van der Waals surface area contributed by atoms with E-state index in [2.05, 4.69) is 20.6 Å². The van der Waals surface area contributed by atoms with Crippen LogP contribution in [0.15, 0.2) is 47.5 Å². The number of aryl methyl sites for hydroxylation is 1. The molecule has 3 aromatic rings. The lowest BCUT2D eigenvalue weighted by Gasteiger charge is -2.15. The summed E-state index contributed by atoms with van der Waals surface area (Å²) in [5, 5.41) is 16.2. The normalized spacial score (nSPS) is 12.2. The quantitative estimate of drug-likeness (QED) is 0.486. The third-order valence-electron chi connectivity index (χ3n) is 4.84. The number of hydrogen-bond acceptors (Lipinski definition) is 6. The summed E-state index contributed by atoms with van der Waals surface area (Å²) >= 11 is 0. The lowest BCUT2D eigenvalue weighted by molar-refractivity contribution is 0.0942. The van der Waals surface area contributed by atoms with Gasteiger partial charge in [0.05, 0.1) is 6.33 Å². The summed E-state index contributed by atoms with van der Waals surface area (Å²) in [7, 11) is 3.23. The maximum Gasteiger partial charge on any atom is 0.296 e. The molecule has 2 aromatic heterocycles. The number of carbonyl (C=O) groups is 1. The topological polar surface area (TPSA) is 114 Å². The van der Waals surface area contributed by atoms with Crippen molar-refractivity contribution in [2.75, 3.05) is 5.32 Å². The highest BCUT2D eigenvalue weighted by atomic mass is 19.1. The Morgan fingerprint density at radius 1 is 1.28 bits per heavy atom. The van der Waals surface area contributed by atoms with Crippen LogP contribution in [-0.4, -0.2) is 36.2 Å². The van der Waals surface area contributed by atoms with Gasteiger partial charge in [-0.3, -0.25) is 14.2 Å². The summed E-state index contributed by atoms with van der Waals surface area (Å²) in [6, 6.07) is 5.57. The van der Waals surface area contributed by atoms with Gasteiger partial charge < -0.3 is 20.3 Å². The second-order valence-electron chi connectivity index (χ2n) is 7.32. The van der Waals surface area contributed by atoms with Crippen molar-refractivity contribution in [3.8, 4) is 17.3 Å². The van der Waals surface area contributed by atoms with Gasteiger partial charge in [0.25, 0.3) is 11.5 Å². The van der Waals surface area contributed by atoms with Crippen LogP contribution in [0.5, 0.6) is 5.75 Å². The van der Waals surface area contributed by atoms with Crippen molar-refractivity contribution in [3.63, 3.8) is 0 Å². The van der Waals surface area contributed by atoms with Crippen LogP contribution in [0.4, 0.5) is 10.2 Å². The molecule has 0 saturated heterocycles. The van der Waals surface area contributed by atoms with Crippen LogP contribution in [0, 0.1) is 5.82 Å². The summed E-state index contributed by atoms with van der Waals surface area (Å²) in [4.78, 5) is 33.9. The van der Waals surface area contributed by atoms with Crippen LogP contribution >= 0.6 is 0 Å². The second kappa shape index (κ2) is 9.46. The van der Waals surface area contributed by atoms with Crippen LogP contribution in [0.1, 0.15) is 29.9 Å². The van der Waals surface area contributed by atoms with Gasteiger partial charge in [-0.25, -0.2) is 14.4 Å². The Bertz CT molecular complexity index is 1210. The average Bonchev–Trinajstić information content (AvgIpc) is 3.11. The van der Waals surface area contributed by atoms with Gasteiger partial charge in [0.2, 0.25) is 5.75 Å². The first-order valence-electron chi connectivity index (χ1n) is 9.96. The van der Waals surface area contributed by atoms with E-state index >= 15 is 0 Å². The van der Waals surface area contributed by atoms with E-state index in [1.54, 1.807) is 17.9 Å². The molecular formula is C22H25FN6O3. The van der Waals surface area contributed by atoms with Gasteiger partial charge in [-0.2, -0.15) is 0 Å². The Morgan fingerprint density at radius 2 is 1.97 bits per heavy atom. The predicted octanol–water partition coefficient (Wildman–Crippen LogP) is 2.33. The number of allylic oxidation sites excluding steroid dienone is 1. The summed E-state index contributed by atoms with van der Waals surface area (Å²) in [5.41, 5.74) is -0.183. The minimum absolute atomic E-state index is 0.0261. The largest absolute Gasteiger partial charge is 0.501 e. The van der Waals surface area contributed by atoms with E-state index in [1.807, 2.05) is 26.0 Å². The zero-order valence-electron chi connectivity index (χ0n) is 18.3. The van der Waals surface area contributed by atoms with E-state index in [1.165, 1.54) is 31.3 Å². The molecule has 3 N–H and O–H groups in total. The van der Waals surface area contributed by atoms with E-state index in [-0.39, 0.29) is 24.2 Å². The standard InChI is InChI=1S/C22H25FN6O3/c1-5-6-13(2)26-19-17(25-12-28(19)3)20-27-16(18(30)22(32)29(20)4)21(31)24-11-14-7-9-15(23)10-8-14/h5-10,12-13,26,30H,11H2,1-4H3,(H,24,31)/b6-5+. The van der Waals surface area contributed by atoms with Crippen molar-refractivity contribution >= 4 is 11.7 Å².